The van der Waals surface area contributed by atoms with E-state index in [1.54, 1.807) is 0 Å². The summed E-state index contributed by atoms with van der Waals surface area (Å²) in [4.78, 5) is 51.4. The predicted molar refractivity (Wildman–Crippen MR) is 133 cm³/mol. The van der Waals surface area contributed by atoms with E-state index in [4.69, 9.17) is 28.0 Å². The molecule has 0 radical (unpaired) electrons. The molecule has 2 aliphatic rings. The number of aromatic nitrogens is 4. The van der Waals surface area contributed by atoms with Gasteiger partial charge < -0.3 is 29.2 Å². The van der Waals surface area contributed by atoms with Crippen molar-refractivity contribution in [2.75, 3.05) is 27.4 Å². The number of nitrogens with zero attached hydrogens (tertiary/aromatic N) is 2. The molecular formula is C20H27N4O13PS. The summed E-state index contributed by atoms with van der Waals surface area (Å²) in [5.74, 6) is 0. The number of ether oxygens (including phenoxy) is 4. The van der Waals surface area contributed by atoms with Crippen LogP contribution in [0.5, 0.6) is 0 Å². The smallest absolute Gasteiger partial charge is 0.386 e. The molecule has 0 spiro atoms. The highest BCUT2D eigenvalue weighted by atomic mass is 32.7. The largest absolute Gasteiger partial charge is 0.394 e. The molecular weight excluding hydrogens is 567 g/mol. The van der Waals surface area contributed by atoms with Gasteiger partial charge in [-0.15, -0.1) is 0 Å². The lowest BCUT2D eigenvalue weighted by atomic mass is 10.1. The van der Waals surface area contributed by atoms with Crippen molar-refractivity contribution < 1.29 is 42.8 Å². The maximum atomic E-state index is 13.2. The van der Waals surface area contributed by atoms with E-state index in [1.807, 2.05) is 0 Å². The summed E-state index contributed by atoms with van der Waals surface area (Å²) in [6.07, 6.45) is -7.04. The Hall–Kier alpha value is -2.38. The van der Waals surface area contributed by atoms with Gasteiger partial charge in [-0.05, 0) is 0 Å². The van der Waals surface area contributed by atoms with Gasteiger partial charge in [-0.3, -0.25) is 37.7 Å². The van der Waals surface area contributed by atoms with E-state index < -0.39 is 91.6 Å². The molecule has 0 saturated carbocycles. The number of rotatable bonds is 10. The number of aliphatic hydroxyl groups excluding tert-OH is 2. The quantitative estimate of drug-likeness (QED) is 0.144. The molecule has 0 bridgehead atoms. The van der Waals surface area contributed by atoms with Crippen LogP contribution >= 0.6 is 19.0 Å². The SMILES string of the molecule is COC1C(O)[C@@H](COP(=O)(S)OC2C(OC)[C@H](n3ccc(=O)[nH]c3=O)O[C@@H]2CO)O[C@H]1n1ccc(=O)[nH]c1=O. The number of hydrogen-bond acceptors (Lipinski definition) is 13. The summed E-state index contributed by atoms with van der Waals surface area (Å²) in [6, 6.07) is 2.17. The average molecular weight is 594 g/mol. The van der Waals surface area contributed by atoms with Crippen LogP contribution < -0.4 is 22.5 Å². The first-order valence-electron chi connectivity index (χ1n) is 11.4. The number of H-pyrrole nitrogens is 2. The Bertz CT molecular complexity index is 1440. The molecule has 4 N–H and O–H groups in total. The van der Waals surface area contributed by atoms with Crippen molar-refractivity contribution in [2.45, 2.75) is 49.1 Å². The fraction of sp³-hybridized carbons (Fsp3) is 0.600. The molecule has 216 valence electrons. The van der Waals surface area contributed by atoms with E-state index >= 15 is 0 Å². The van der Waals surface area contributed by atoms with Gasteiger partial charge in [0.2, 0.25) is 0 Å². The van der Waals surface area contributed by atoms with E-state index in [9.17, 15) is 34.0 Å². The number of aliphatic hydroxyl groups is 2. The molecule has 2 aromatic rings. The van der Waals surface area contributed by atoms with E-state index in [0.717, 1.165) is 21.3 Å². The minimum absolute atomic E-state index is 0.533. The van der Waals surface area contributed by atoms with Crippen molar-refractivity contribution in [2.24, 2.45) is 0 Å². The second-order valence-corrected chi connectivity index (χ2v) is 11.4. The zero-order valence-corrected chi connectivity index (χ0v) is 22.3. The highest BCUT2D eigenvalue weighted by Gasteiger charge is 2.50. The van der Waals surface area contributed by atoms with Gasteiger partial charge in [-0.1, -0.05) is 12.2 Å². The minimum atomic E-state index is -4.27. The van der Waals surface area contributed by atoms with Crippen LogP contribution in [0.4, 0.5) is 0 Å². The summed E-state index contributed by atoms with van der Waals surface area (Å²) in [6.45, 7) is -5.42. The topological polar surface area (TPSA) is 223 Å². The van der Waals surface area contributed by atoms with E-state index in [1.165, 1.54) is 26.6 Å². The predicted octanol–water partition coefficient (Wildman–Crippen LogP) is -2.30. The van der Waals surface area contributed by atoms with Crippen LogP contribution in [0.2, 0.25) is 0 Å². The molecule has 0 amide bonds. The van der Waals surface area contributed by atoms with Crippen LogP contribution in [0, 0.1) is 0 Å². The van der Waals surface area contributed by atoms with Crippen LogP contribution in [-0.2, 0) is 32.6 Å². The second kappa shape index (κ2) is 12.0. The number of nitrogens with one attached hydrogen (secondary N) is 2. The second-order valence-electron chi connectivity index (χ2n) is 8.57. The molecule has 17 nitrogen and oxygen atoms in total. The maximum absolute atomic E-state index is 13.2. The van der Waals surface area contributed by atoms with E-state index in [2.05, 4.69) is 22.2 Å². The number of methoxy groups -OCH3 is 2. The molecule has 2 aliphatic heterocycles. The van der Waals surface area contributed by atoms with Crippen molar-refractivity contribution >= 4 is 19.0 Å². The summed E-state index contributed by atoms with van der Waals surface area (Å²) in [5, 5.41) is 20.5. The maximum Gasteiger partial charge on any atom is 0.386 e. The standard InChI is InChI=1S/C20H27N4O13PS/c1-32-15-13(28)10(36-17(15)23-5-3-11(26)21-19(23)29)8-34-38(31,39)37-14-9(7-25)35-18(16(14)33-2)24-6-4-12(27)22-20(24)30/h3-6,9-10,13-18,25,28H,7-8H2,1-2H3,(H,31,39)(H,21,26,29)(H,22,27,30)/t9-,10-,13?,14?,15?,16?,17-,18-,38?/m1/s1. The van der Waals surface area contributed by atoms with Gasteiger partial charge in [0.15, 0.2) is 12.5 Å². The summed E-state index contributed by atoms with van der Waals surface area (Å²) in [7, 11) is 2.55. The molecule has 9 atom stereocenters. The molecule has 2 aromatic heterocycles. The Labute approximate surface area is 223 Å². The lowest BCUT2D eigenvalue weighted by Gasteiger charge is -2.26. The highest BCUT2D eigenvalue weighted by molar-refractivity contribution is 8.44. The van der Waals surface area contributed by atoms with Crippen molar-refractivity contribution in [3.8, 4) is 0 Å². The number of aromatic amines is 2. The van der Waals surface area contributed by atoms with Gasteiger partial charge in [-0.2, -0.15) is 0 Å². The number of thiol groups is 1. The van der Waals surface area contributed by atoms with Crippen LogP contribution in [0.3, 0.4) is 0 Å². The molecule has 19 heteroatoms. The Balaban J connectivity index is 1.47. The van der Waals surface area contributed by atoms with Crippen molar-refractivity contribution in [3.05, 3.63) is 66.2 Å². The van der Waals surface area contributed by atoms with Crippen LogP contribution in [-0.4, -0.2) is 93.4 Å². The fourth-order valence-corrected chi connectivity index (χ4v) is 5.89. The molecule has 4 heterocycles. The fourth-order valence-electron chi connectivity index (χ4n) is 4.40. The lowest BCUT2D eigenvalue weighted by molar-refractivity contribution is -0.0625. The van der Waals surface area contributed by atoms with E-state index in [-0.39, 0.29) is 0 Å². The Morgan fingerprint density at radius 2 is 1.44 bits per heavy atom. The summed E-state index contributed by atoms with van der Waals surface area (Å²) < 4.78 is 48.1. The Kier molecular flexibility index (Phi) is 9.12. The molecule has 2 saturated heterocycles. The average Bonchev–Trinajstić information content (AvgIpc) is 3.38. The van der Waals surface area contributed by atoms with Crippen LogP contribution in [0.1, 0.15) is 12.5 Å². The van der Waals surface area contributed by atoms with Gasteiger partial charge in [0.25, 0.3) is 11.1 Å². The van der Waals surface area contributed by atoms with E-state index in [0.29, 0.717) is 0 Å². The zero-order chi connectivity index (χ0) is 28.5. The van der Waals surface area contributed by atoms with Crippen LogP contribution in [0.15, 0.2) is 43.7 Å². The third kappa shape index (κ3) is 6.19. The van der Waals surface area contributed by atoms with Crippen molar-refractivity contribution in [1.29, 1.82) is 0 Å². The van der Waals surface area contributed by atoms with Gasteiger partial charge in [0, 0.05) is 38.7 Å². The molecule has 0 aliphatic carbocycles. The van der Waals surface area contributed by atoms with Gasteiger partial charge in [0.1, 0.15) is 36.6 Å². The first-order chi connectivity index (χ1) is 18.5. The summed E-state index contributed by atoms with van der Waals surface area (Å²) >= 11 is 3.98. The molecule has 4 rings (SSSR count). The van der Waals surface area contributed by atoms with Crippen molar-refractivity contribution in [1.82, 2.24) is 19.1 Å². The molecule has 39 heavy (non-hydrogen) atoms. The monoisotopic (exact) mass is 594 g/mol. The first kappa shape index (κ1) is 29.6. The van der Waals surface area contributed by atoms with Gasteiger partial charge in [-0.25, -0.2) is 14.2 Å². The zero-order valence-electron chi connectivity index (χ0n) is 20.5. The Morgan fingerprint density at radius 3 is 1.92 bits per heavy atom. The highest BCUT2D eigenvalue weighted by Crippen LogP contribution is 2.56. The summed E-state index contributed by atoms with van der Waals surface area (Å²) in [5.41, 5.74) is -2.88. The minimum Gasteiger partial charge on any atom is -0.394 e. The lowest BCUT2D eigenvalue weighted by Crippen LogP contribution is -2.40. The third-order valence-corrected chi connectivity index (χ3v) is 7.84. The first-order valence-corrected chi connectivity index (χ1v) is 14.1. The molecule has 2 fully saturated rings. The molecule has 5 unspecified atom stereocenters. The third-order valence-electron chi connectivity index (χ3n) is 6.23. The Morgan fingerprint density at radius 1 is 0.923 bits per heavy atom. The molecule has 0 aromatic carbocycles. The van der Waals surface area contributed by atoms with Gasteiger partial charge >= 0.3 is 18.2 Å². The number of hydrogen-bond donors (Lipinski definition) is 5. The van der Waals surface area contributed by atoms with Gasteiger partial charge in [0.05, 0.1) is 13.2 Å². The normalized spacial score (nSPS) is 32.3. The van der Waals surface area contributed by atoms with Crippen LogP contribution in [0.25, 0.3) is 0 Å². The van der Waals surface area contributed by atoms with Crippen molar-refractivity contribution in [3.63, 3.8) is 0 Å².